The van der Waals surface area contributed by atoms with Crippen LogP contribution in [-0.2, 0) is 46.5 Å². The molecule has 0 unspecified atom stereocenters. The van der Waals surface area contributed by atoms with Crippen LogP contribution in [0.3, 0.4) is 0 Å². The number of aryl methyl sites for hydroxylation is 8. The maximum absolute atomic E-state index is 4.93. The van der Waals surface area contributed by atoms with Crippen LogP contribution >= 0.6 is 17.0 Å². The summed E-state index contributed by atoms with van der Waals surface area (Å²) in [6, 6.07) is 51.0. The number of benzene rings is 6. The fourth-order valence-corrected chi connectivity index (χ4v) is 10.6. The third kappa shape index (κ3) is 11.9. The molecule has 0 nitrogen and oxygen atoms in total. The van der Waals surface area contributed by atoms with Crippen molar-refractivity contribution in [2.75, 3.05) is 0 Å². The molecule has 0 atom stereocenters. The van der Waals surface area contributed by atoms with Crippen molar-refractivity contribution >= 4 is 58.5 Å². The molecule has 0 fully saturated rings. The van der Waals surface area contributed by atoms with Gasteiger partial charge in [-0.25, -0.2) is 0 Å². The summed E-state index contributed by atoms with van der Waals surface area (Å²) < 4.78 is 0. The molecular formula is C58H61Cl2SiZr-3. The zero-order valence-corrected chi connectivity index (χ0v) is 43.0. The molecule has 62 heavy (non-hydrogen) atoms. The van der Waals surface area contributed by atoms with E-state index in [-0.39, 0.29) is 0 Å². The van der Waals surface area contributed by atoms with E-state index < -0.39 is 20.8 Å². The van der Waals surface area contributed by atoms with Gasteiger partial charge < -0.3 is 0 Å². The van der Waals surface area contributed by atoms with Gasteiger partial charge in [0.15, 0.2) is 0 Å². The van der Waals surface area contributed by atoms with Crippen LogP contribution < -0.4 is 10.4 Å². The largest absolute Gasteiger partial charge is 0.184 e. The van der Waals surface area contributed by atoms with Gasteiger partial charge in [0.25, 0.3) is 0 Å². The van der Waals surface area contributed by atoms with Crippen molar-refractivity contribution in [3.63, 3.8) is 0 Å². The molecule has 2 radical (unpaired) electrons. The molecule has 8 aromatic carbocycles. The van der Waals surface area contributed by atoms with Gasteiger partial charge in [0.1, 0.15) is 0 Å². The minimum Gasteiger partial charge on any atom is -0.184 e. The van der Waals surface area contributed by atoms with Gasteiger partial charge in [-0.1, -0.05) is 169 Å². The van der Waals surface area contributed by atoms with Gasteiger partial charge >= 0.3 is 37.9 Å². The van der Waals surface area contributed by atoms with Crippen LogP contribution in [0.1, 0.15) is 97.9 Å². The van der Waals surface area contributed by atoms with Crippen LogP contribution in [0, 0.1) is 33.8 Å². The van der Waals surface area contributed by atoms with E-state index in [0.29, 0.717) is 0 Å². The number of fused-ring (bicyclic) bond motifs is 5. The molecule has 1 aliphatic rings. The molecule has 1 aliphatic heterocycles. The Morgan fingerprint density at radius 3 is 1.40 bits per heavy atom. The second-order valence-electron chi connectivity index (χ2n) is 16.9. The molecule has 0 spiro atoms. The molecule has 0 saturated heterocycles. The molecule has 0 aromatic heterocycles. The second-order valence-corrected chi connectivity index (χ2v) is 21.9. The summed E-state index contributed by atoms with van der Waals surface area (Å²) in [5, 5.41) is 8.47. The quantitative estimate of drug-likeness (QED) is 0.0947. The molecular weight excluding hydrogens is 887 g/mol. The topological polar surface area (TPSA) is 0 Å². The fourth-order valence-electron chi connectivity index (χ4n) is 9.25. The van der Waals surface area contributed by atoms with Gasteiger partial charge in [-0.3, -0.25) is 0 Å². The molecule has 0 N–H and O–H groups in total. The van der Waals surface area contributed by atoms with Crippen molar-refractivity contribution in [1.82, 2.24) is 0 Å². The molecule has 0 amide bonds. The van der Waals surface area contributed by atoms with E-state index in [0.717, 1.165) is 22.4 Å². The molecule has 0 bridgehead atoms. The number of hydrogen-bond acceptors (Lipinski definition) is 0. The Kier molecular flexibility index (Phi) is 17.9. The standard InChI is InChI=1S/2C23H27.C12H7Si.2ClH.Zr/c2*1-5-7-18-14-20-10-9-19(8-6-2)23(22(20)15-18)21-12-16(3)11-17(4)13-21;1-3-7-11-9(5-1)10-6-2-4-8-12(10)13-11;;;/h2*9-15H,5-8H2,1-4H3;1-7H;2*1H;/q3*-1;;;+2/p-2. The average Bonchev–Trinajstić information content (AvgIpc) is 3.96. The van der Waals surface area contributed by atoms with Crippen molar-refractivity contribution in [2.24, 2.45) is 0 Å². The van der Waals surface area contributed by atoms with Gasteiger partial charge in [0, 0.05) is 0 Å². The van der Waals surface area contributed by atoms with Crippen molar-refractivity contribution in [1.29, 1.82) is 0 Å². The van der Waals surface area contributed by atoms with Crippen molar-refractivity contribution < 1.29 is 20.8 Å². The number of hydrogen-bond donors (Lipinski definition) is 0. The molecule has 8 aromatic rings. The second kappa shape index (κ2) is 23.2. The van der Waals surface area contributed by atoms with Crippen LogP contribution in [0.15, 0.2) is 127 Å². The molecule has 4 heteroatoms. The Labute approximate surface area is 394 Å². The Bertz CT molecular complexity index is 2490. The monoisotopic (exact) mass is 945 g/mol. The number of halogens is 2. The van der Waals surface area contributed by atoms with Crippen LogP contribution in [0.2, 0.25) is 0 Å². The Morgan fingerprint density at radius 2 is 0.952 bits per heavy atom. The first-order chi connectivity index (χ1) is 30.1. The Hall–Kier alpha value is -3.78. The van der Waals surface area contributed by atoms with Crippen molar-refractivity contribution in [2.45, 2.75) is 107 Å². The first-order valence-corrected chi connectivity index (χ1v) is 29.9. The summed E-state index contributed by atoms with van der Waals surface area (Å²) in [5.74, 6) is 0. The van der Waals surface area contributed by atoms with Gasteiger partial charge in [-0.2, -0.15) is 41.6 Å². The Morgan fingerprint density at radius 1 is 0.516 bits per heavy atom. The van der Waals surface area contributed by atoms with Crippen LogP contribution in [0.25, 0.3) is 54.9 Å². The third-order valence-corrected chi connectivity index (χ3v) is 12.9. The van der Waals surface area contributed by atoms with Gasteiger partial charge in [-0.15, -0.1) is 74.6 Å². The smallest absolute Gasteiger partial charge is 0.0920 e. The van der Waals surface area contributed by atoms with Gasteiger partial charge in [0.2, 0.25) is 0 Å². The third-order valence-electron chi connectivity index (χ3n) is 11.5. The van der Waals surface area contributed by atoms with E-state index in [1.54, 1.807) is 0 Å². The zero-order chi connectivity index (χ0) is 44.2. The Balaban J connectivity index is 0.000000155. The van der Waals surface area contributed by atoms with E-state index >= 15 is 0 Å². The predicted octanol–water partition coefficient (Wildman–Crippen LogP) is 16.0. The van der Waals surface area contributed by atoms with Crippen molar-refractivity contribution in [3.05, 3.63) is 178 Å². The van der Waals surface area contributed by atoms with Crippen molar-refractivity contribution in [3.8, 4) is 33.4 Å². The normalized spacial score (nSPS) is 11.2. The maximum atomic E-state index is 4.93. The summed E-state index contributed by atoms with van der Waals surface area (Å²) in [6.45, 7) is 17.8. The fraction of sp³-hybridized carbons (Fsp3) is 0.276. The SMILES string of the molecule is CCCc1cc2c(-c3cc(C)cc(C)c3)c(CCC)ccc2[cH-]1.CCCc1cc2c(-c3cc(C)cc(C)c3)c(CCC)ccc2[cH-]1.[Cl][Zr][Cl].[c-]1cccc2c1[Si]c1ccccc1-2. The number of rotatable bonds is 10. The zero-order valence-electron chi connectivity index (χ0n) is 38.0. The van der Waals surface area contributed by atoms with Gasteiger partial charge in [0.05, 0.1) is 9.52 Å². The minimum atomic E-state index is -0.826. The van der Waals surface area contributed by atoms with Crippen LogP contribution in [-0.4, -0.2) is 9.52 Å². The summed E-state index contributed by atoms with van der Waals surface area (Å²) in [4.78, 5) is 0. The minimum absolute atomic E-state index is 0.795. The van der Waals surface area contributed by atoms with Gasteiger partial charge in [-0.05, 0) is 64.5 Å². The molecule has 318 valence electrons. The molecule has 9 rings (SSSR count). The first kappa shape index (κ1) is 47.7. The predicted molar refractivity (Wildman–Crippen MR) is 272 cm³/mol. The molecule has 1 heterocycles. The molecule has 0 aliphatic carbocycles. The molecule has 0 saturated carbocycles. The maximum Gasteiger partial charge on any atom is 0.0920 e. The van der Waals surface area contributed by atoms with E-state index in [1.165, 1.54) is 148 Å². The van der Waals surface area contributed by atoms with E-state index in [1.807, 2.05) is 6.07 Å². The summed E-state index contributed by atoms with van der Waals surface area (Å²) in [6.07, 6.45) is 9.42. The summed E-state index contributed by atoms with van der Waals surface area (Å²) >= 11 is -0.826. The van der Waals surface area contributed by atoms with E-state index in [9.17, 15) is 0 Å². The van der Waals surface area contributed by atoms with E-state index in [2.05, 4.69) is 183 Å². The van der Waals surface area contributed by atoms with Crippen LogP contribution in [0.4, 0.5) is 0 Å². The first-order valence-electron chi connectivity index (χ1n) is 22.5. The average molecular weight is 948 g/mol. The summed E-state index contributed by atoms with van der Waals surface area (Å²) in [5.41, 5.74) is 19.7. The van der Waals surface area contributed by atoms with E-state index in [4.69, 9.17) is 17.0 Å². The van der Waals surface area contributed by atoms with Crippen LogP contribution in [0.5, 0.6) is 0 Å². The summed E-state index contributed by atoms with van der Waals surface area (Å²) in [7, 11) is 10.7.